The van der Waals surface area contributed by atoms with Gasteiger partial charge in [-0.25, -0.2) is 8.42 Å². The van der Waals surface area contributed by atoms with Crippen LogP contribution >= 0.6 is 11.6 Å². The molecule has 0 aliphatic heterocycles. The number of nitrogens with two attached hydrogens (primary N) is 1. The van der Waals surface area contributed by atoms with Gasteiger partial charge in [0.15, 0.2) is 0 Å². The molecule has 152 valence electrons. The van der Waals surface area contributed by atoms with Crippen LogP contribution in [-0.2, 0) is 16.3 Å². The maximum atomic E-state index is 13.5. The second-order valence-corrected chi connectivity index (χ2v) is 9.22. The highest BCUT2D eigenvalue weighted by Crippen LogP contribution is 2.35. The molecule has 0 unspecified atom stereocenters. The Morgan fingerprint density at radius 3 is 2.38 bits per heavy atom. The summed E-state index contributed by atoms with van der Waals surface area (Å²) < 4.78 is 27.0. The van der Waals surface area contributed by atoms with E-state index in [0.717, 1.165) is 13.0 Å². The highest BCUT2D eigenvalue weighted by Gasteiger charge is 2.26. The molecule has 4 nitrogen and oxygen atoms in total. The summed E-state index contributed by atoms with van der Waals surface area (Å²) in [5, 5.41) is 0.234. The highest BCUT2D eigenvalue weighted by atomic mass is 35.5. The number of anilines is 2. The summed E-state index contributed by atoms with van der Waals surface area (Å²) in [6.45, 7) is 5.26. The van der Waals surface area contributed by atoms with Gasteiger partial charge in [0.05, 0.1) is 26.2 Å². The second kappa shape index (κ2) is 8.89. The van der Waals surface area contributed by atoms with Gasteiger partial charge in [0.1, 0.15) is 0 Å². The van der Waals surface area contributed by atoms with E-state index in [2.05, 4.69) is 17.0 Å². The Morgan fingerprint density at radius 2 is 1.72 bits per heavy atom. The van der Waals surface area contributed by atoms with Gasteiger partial charge in [-0.2, -0.15) is 0 Å². The van der Waals surface area contributed by atoms with Crippen LogP contribution in [0.4, 0.5) is 11.4 Å². The minimum Gasteiger partial charge on any atom is -0.398 e. The van der Waals surface area contributed by atoms with Crippen molar-refractivity contribution in [1.82, 2.24) is 0 Å². The van der Waals surface area contributed by atoms with E-state index >= 15 is 0 Å². The van der Waals surface area contributed by atoms with Gasteiger partial charge < -0.3 is 10.6 Å². The molecule has 3 aromatic rings. The van der Waals surface area contributed by atoms with Crippen molar-refractivity contribution >= 4 is 32.8 Å². The Bertz CT molecular complexity index is 1100. The number of hydrogen-bond donors (Lipinski definition) is 1. The zero-order valence-electron chi connectivity index (χ0n) is 16.6. The van der Waals surface area contributed by atoms with Crippen LogP contribution in [0.5, 0.6) is 0 Å². The van der Waals surface area contributed by atoms with Crippen molar-refractivity contribution in [3.05, 3.63) is 82.9 Å². The highest BCUT2D eigenvalue weighted by molar-refractivity contribution is 7.91. The number of aryl methyl sites for hydroxylation is 1. The van der Waals surface area contributed by atoms with Crippen LogP contribution in [-0.4, -0.2) is 21.5 Å². The molecule has 2 N–H and O–H groups in total. The van der Waals surface area contributed by atoms with Gasteiger partial charge in [-0.05, 0) is 55.7 Å². The molecular weight excluding hydrogens is 404 g/mol. The standard InChI is InChI=1S/C23H25ClN2O2S/c1-3-26(15-14-18-9-5-4-6-10-18)22-11-7-8-17(2)23(22)29(27,28)19-12-13-21(25)20(24)16-19/h4-13,16H,3,14-15,25H2,1-2H3. The topological polar surface area (TPSA) is 63.4 Å². The van der Waals surface area contributed by atoms with E-state index in [0.29, 0.717) is 28.4 Å². The largest absolute Gasteiger partial charge is 0.398 e. The Kier molecular flexibility index (Phi) is 6.50. The predicted octanol–water partition coefficient (Wildman–Crippen LogP) is 5.13. The molecule has 3 rings (SSSR count). The van der Waals surface area contributed by atoms with E-state index in [1.165, 1.54) is 23.8 Å². The van der Waals surface area contributed by atoms with Crippen molar-refractivity contribution in [2.24, 2.45) is 0 Å². The molecule has 0 radical (unpaired) electrons. The van der Waals surface area contributed by atoms with Crippen LogP contribution in [0, 0.1) is 6.92 Å². The van der Waals surface area contributed by atoms with E-state index in [-0.39, 0.29) is 9.92 Å². The van der Waals surface area contributed by atoms with Gasteiger partial charge in [-0.15, -0.1) is 0 Å². The molecule has 6 heteroatoms. The molecule has 3 aromatic carbocycles. The van der Waals surface area contributed by atoms with Gasteiger partial charge >= 0.3 is 0 Å². The normalized spacial score (nSPS) is 11.4. The molecule has 0 fully saturated rings. The Hall–Kier alpha value is -2.50. The third kappa shape index (κ3) is 4.57. The summed E-state index contributed by atoms with van der Waals surface area (Å²) in [5.74, 6) is 0. The fourth-order valence-electron chi connectivity index (χ4n) is 3.39. The van der Waals surface area contributed by atoms with E-state index in [4.69, 9.17) is 17.3 Å². The summed E-state index contributed by atoms with van der Waals surface area (Å²) >= 11 is 6.09. The van der Waals surface area contributed by atoms with Crippen LogP contribution in [0.25, 0.3) is 0 Å². The molecule has 0 atom stereocenters. The minimum absolute atomic E-state index is 0.145. The number of hydrogen-bond acceptors (Lipinski definition) is 4. The van der Waals surface area contributed by atoms with E-state index in [9.17, 15) is 8.42 Å². The van der Waals surface area contributed by atoms with E-state index < -0.39 is 9.84 Å². The lowest BCUT2D eigenvalue weighted by Gasteiger charge is -2.26. The Balaban J connectivity index is 2.02. The average molecular weight is 429 g/mol. The molecule has 0 spiro atoms. The zero-order chi connectivity index (χ0) is 21.0. The number of halogens is 1. The Morgan fingerprint density at radius 1 is 1.00 bits per heavy atom. The molecule has 0 saturated heterocycles. The average Bonchev–Trinajstić information content (AvgIpc) is 2.71. The molecule has 0 aliphatic rings. The van der Waals surface area contributed by atoms with Crippen molar-refractivity contribution in [1.29, 1.82) is 0 Å². The SMILES string of the molecule is CCN(CCc1ccccc1)c1cccc(C)c1S(=O)(=O)c1ccc(N)c(Cl)c1. The molecule has 0 aliphatic carbocycles. The quantitative estimate of drug-likeness (QED) is 0.529. The first-order valence-corrected chi connectivity index (χ1v) is 11.4. The van der Waals surface area contributed by atoms with E-state index in [1.54, 1.807) is 0 Å². The number of benzene rings is 3. The van der Waals surface area contributed by atoms with Crippen molar-refractivity contribution in [2.75, 3.05) is 23.7 Å². The van der Waals surface area contributed by atoms with Crippen LogP contribution in [0.15, 0.2) is 76.5 Å². The molecule has 0 amide bonds. The summed E-state index contributed by atoms with van der Waals surface area (Å²) in [5.41, 5.74) is 8.74. The molecular formula is C23H25ClN2O2S. The maximum absolute atomic E-state index is 13.5. The molecule has 0 saturated carbocycles. The Labute approximate surface area is 177 Å². The fourth-order valence-corrected chi connectivity index (χ4v) is 5.35. The van der Waals surface area contributed by atoms with Gasteiger partial charge in [0.2, 0.25) is 9.84 Å². The second-order valence-electron chi connectivity index (χ2n) is 6.93. The number of likely N-dealkylation sites (N-methyl/N-ethyl adjacent to an activating group) is 1. The predicted molar refractivity (Wildman–Crippen MR) is 121 cm³/mol. The van der Waals surface area contributed by atoms with Crippen molar-refractivity contribution in [2.45, 2.75) is 30.1 Å². The van der Waals surface area contributed by atoms with Gasteiger partial charge in [-0.3, -0.25) is 0 Å². The zero-order valence-corrected chi connectivity index (χ0v) is 18.2. The van der Waals surface area contributed by atoms with Crippen molar-refractivity contribution in [3.63, 3.8) is 0 Å². The summed E-state index contributed by atoms with van der Waals surface area (Å²) in [4.78, 5) is 2.56. The summed E-state index contributed by atoms with van der Waals surface area (Å²) in [7, 11) is -3.76. The molecule has 29 heavy (non-hydrogen) atoms. The molecule has 0 bridgehead atoms. The van der Waals surface area contributed by atoms with Gasteiger partial charge in [0, 0.05) is 13.1 Å². The van der Waals surface area contributed by atoms with Crippen LogP contribution in [0.2, 0.25) is 5.02 Å². The smallest absolute Gasteiger partial charge is 0.208 e. The number of sulfone groups is 1. The third-order valence-corrected chi connectivity index (χ3v) is 7.25. The summed E-state index contributed by atoms with van der Waals surface area (Å²) in [6, 6.07) is 20.2. The maximum Gasteiger partial charge on any atom is 0.208 e. The lowest BCUT2D eigenvalue weighted by atomic mass is 10.1. The number of nitrogens with zero attached hydrogens (tertiary/aromatic N) is 1. The number of rotatable bonds is 7. The van der Waals surface area contributed by atoms with Gasteiger partial charge in [-0.1, -0.05) is 54.1 Å². The number of nitrogen functional groups attached to an aromatic ring is 1. The first kappa shape index (κ1) is 21.2. The minimum atomic E-state index is -3.76. The lowest BCUT2D eigenvalue weighted by molar-refractivity contribution is 0.595. The van der Waals surface area contributed by atoms with Crippen LogP contribution in [0.3, 0.4) is 0 Å². The lowest BCUT2D eigenvalue weighted by Crippen LogP contribution is -2.27. The monoisotopic (exact) mass is 428 g/mol. The van der Waals surface area contributed by atoms with Gasteiger partial charge in [0.25, 0.3) is 0 Å². The first-order valence-electron chi connectivity index (χ1n) is 9.53. The fraction of sp³-hybridized carbons (Fsp3) is 0.217. The van der Waals surface area contributed by atoms with Crippen LogP contribution < -0.4 is 10.6 Å². The summed E-state index contributed by atoms with van der Waals surface area (Å²) in [6.07, 6.45) is 0.829. The van der Waals surface area contributed by atoms with Crippen LogP contribution in [0.1, 0.15) is 18.1 Å². The van der Waals surface area contributed by atoms with Crippen molar-refractivity contribution in [3.8, 4) is 0 Å². The van der Waals surface area contributed by atoms with E-state index in [1.807, 2.05) is 50.2 Å². The third-order valence-electron chi connectivity index (χ3n) is 4.98. The molecule has 0 heterocycles. The molecule has 0 aromatic heterocycles. The first-order chi connectivity index (χ1) is 13.8. The van der Waals surface area contributed by atoms with Crippen molar-refractivity contribution < 1.29 is 8.42 Å².